The highest BCUT2D eigenvalue weighted by Crippen LogP contribution is 2.54. The van der Waals surface area contributed by atoms with Crippen molar-refractivity contribution in [3.63, 3.8) is 0 Å². The van der Waals surface area contributed by atoms with E-state index in [4.69, 9.17) is 4.98 Å². The molecule has 3 aromatic rings. The zero-order valence-corrected chi connectivity index (χ0v) is 21.1. The molecule has 1 N–H and O–H groups in total. The lowest BCUT2D eigenvalue weighted by Gasteiger charge is -2.50. The van der Waals surface area contributed by atoms with E-state index in [9.17, 15) is 10.4 Å². The average Bonchev–Trinajstić information content (AvgIpc) is 3.21. The fourth-order valence-electron chi connectivity index (χ4n) is 6.47. The molecule has 2 heterocycles. The summed E-state index contributed by atoms with van der Waals surface area (Å²) in [6, 6.07) is 13.0. The highest BCUT2D eigenvalue weighted by Gasteiger charge is 2.51. The minimum Gasteiger partial charge on any atom is -0.389 e. The Bertz CT molecular complexity index is 1380. The number of hydrogen-bond donors (Lipinski definition) is 1. The third kappa shape index (κ3) is 4.42. The van der Waals surface area contributed by atoms with E-state index in [-0.39, 0.29) is 17.8 Å². The summed E-state index contributed by atoms with van der Waals surface area (Å²) < 4.78 is 1.91. The molecule has 2 aliphatic rings. The molecule has 2 aliphatic carbocycles. The fourth-order valence-corrected chi connectivity index (χ4v) is 6.47. The molecule has 0 amide bonds. The Morgan fingerprint density at radius 2 is 2.14 bits per heavy atom. The van der Waals surface area contributed by atoms with Crippen LogP contribution in [-0.2, 0) is 18.3 Å². The number of benzene rings is 1. The Labute approximate surface area is 213 Å². The van der Waals surface area contributed by atoms with E-state index in [1.165, 1.54) is 11.1 Å². The van der Waals surface area contributed by atoms with Crippen LogP contribution >= 0.6 is 0 Å². The molecule has 1 saturated carbocycles. The highest BCUT2D eigenvalue weighted by molar-refractivity contribution is 5.84. The van der Waals surface area contributed by atoms with Crippen molar-refractivity contribution in [1.29, 1.82) is 5.26 Å². The van der Waals surface area contributed by atoms with Crippen LogP contribution < -0.4 is 0 Å². The van der Waals surface area contributed by atoms with Gasteiger partial charge in [0.05, 0.1) is 35.5 Å². The van der Waals surface area contributed by atoms with Gasteiger partial charge in [-0.25, -0.2) is 4.68 Å². The second-order valence-electron chi connectivity index (χ2n) is 10.8. The molecule has 3 atom stereocenters. The van der Waals surface area contributed by atoms with Crippen LogP contribution in [-0.4, -0.2) is 25.5 Å². The normalized spacial score (nSPS) is 25.6. The second kappa shape index (κ2) is 9.52. The lowest BCUT2D eigenvalue weighted by Crippen LogP contribution is -2.49. The van der Waals surface area contributed by atoms with E-state index in [1.807, 2.05) is 42.2 Å². The number of pyridine rings is 1. The van der Waals surface area contributed by atoms with Gasteiger partial charge in [0.15, 0.2) is 0 Å². The smallest absolute Gasteiger partial charge is 0.0780 e. The van der Waals surface area contributed by atoms with Crippen molar-refractivity contribution in [1.82, 2.24) is 14.8 Å². The first-order valence-electron chi connectivity index (χ1n) is 12.9. The first-order valence-corrected chi connectivity index (χ1v) is 12.9. The fraction of sp³-hybridized carbons (Fsp3) is 0.387. The van der Waals surface area contributed by atoms with Crippen LogP contribution in [0.2, 0.25) is 0 Å². The van der Waals surface area contributed by atoms with E-state index in [1.54, 1.807) is 0 Å². The molecule has 5 rings (SSSR count). The largest absolute Gasteiger partial charge is 0.389 e. The molecule has 3 unspecified atom stereocenters. The zero-order chi connectivity index (χ0) is 25.3. The van der Waals surface area contributed by atoms with Crippen LogP contribution in [0.3, 0.4) is 0 Å². The van der Waals surface area contributed by atoms with Gasteiger partial charge in [0.1, 0.15) is 0 Å². The molecule has 0 saturated heterocycles. The molecule has 0 radical (unpaired) electrons. The van der Waals surface area contributed by atoms with E-state index in [0.717, 1.165) is 60.0 Å². The van der Waals surface area contributed by atoms with E-state index in [2.05, 4.69) is 48.6 Å². The minimum absolute atomic E-state index is 0.130. The second-order valence-corrected chi connectivity index (χ2v) is 10.8. The third-order valence-corrected chi connectivity index (χ3v) is 8.24. The van der Waals surface area contributed by atoms with Crippen LogP contribution in [0.5, 0.6) is 0 Å². The number of rotatable bonds is 6. The first-order chi connectivity index (χ1) is 17.3. The molecular formula is C31H34N4O. The highest BCUT2D eigenvalue weighted by atomic mass is 16.3. The molecule has 5 nitrogen and oxygen atoms in total. The monoisotopic (exact) mass is 478 g/mol. The molecule has 184 valence electrons. The van der Waals surface area contributed by atoms with Gasteiger partial charge in [-0.1, -0.05) is 30.9 Å². The lowest BCUT2D eigenvalue weighted by atomic mass is 9.56. The van der Waals surface area contributed by atoms with Crippen molar-refractivity contribution >= 4 is 16.6 Å². The maximum Gasteiger partial charge on any atom is 0.0780 e. The van der Waals surface area contributed by atoms with Gasteiger partial charge in [0, 0.05) is 22.7 Å². The maximum absolute atomic E-state index is 11.3. The summed E-state index contributed by atoms with van der Waals surface area (Å²) in [5.41, 5.74) is 5.60. The van der Waals surface area contributed by atoms with Gasteiger partial charge in [0.2, 0.25) is 0 Å². The van der Waals surface area contributed by atoms with Crippen molar-refractivity contribution in [2.45, 2.75) is 69.3 Å². The van der Waals surface area contributed by atoms with E-state index in [0.29, 0.717) is 12.8 Å². The van der Waals surface area contributed by atoms with Gasteiger partial charge in [-0.05, 0) is 99.3 Å². The Morgan fingerprint density at radius 3 is 2.89 bits per heavy atom. The number of nitrogens with zero attached hydrogens (tertiary/aromatic N) is 4. The first kappa shape index (κ1) is 24.2. The summed E-state index contributed by atoms with van der Waals surface area (Å²) in [6.45, 7) is 10.1. The van der Waals surface area contributed by atoms with Crippen LogP contribution in [0.25, 0.3) is 16.6 Å². The Morgan fingerprint density at radius 1 is 1.28 bits per heavy atom. The van der Waals surface area contributed by atoms with Crippen LogP contribution in [0, 0.1) is 17.2 Å². The quantitative estimate of drug-likeness (QED) is 0.422. The summed E-state index contributed by atoms with van der Waals surface area (Å²) in [4.78, 5) is 4.70. The van der Waals surface area contributed by atoms with Crippen LogP contribution in [0.15, 0.2) is 73.6 Å². The lowest BCUT2D eigenvalue weighted by molar-refractivity contribution is -0.0439. The summed E-state index contributed by atoms with van der Waals surface area (Å²) in [7, 11) is 0. The van der Waals surface area contributed by atoms with Crippen LogP contribution in [0.1, 0.15) is 62.3 Å². The van der Waals surface area contributed by atoms with Crippen LogP contribution in [0.4, 0.5) is 0 Å². The Hall–Kier alpha value is -3.49. The number of hydrogen-bond acceptors (Lipinski definition) is 4. The van der Waals surface area contributed by atoms with E-state index >= 15 is 0 Å². The number of nitriles is 1. The standard InChI is InChI=1S/C31H34N4O/c1-22(2)10-11-23(3)35-29-18-24-7-6-8-26-19-30(36,14-15-32)12-13-31(26,20-27-9-4-5-16-33-27)28(24)17-25(29)21-34-35/h4-5,9-11,16-18,21,26,36H,1,3,6-8,12-14,19-20H2,2H3. The molecule has 5 heteroatoms. The molecule has 36 heavy (non-hydrogen) atoms. The van der Waals surface area contributed by atoms with E-state index < -0.39 is 5.60 Å². The maximum atomic E-state index is 11.3. The molecule has 2 aromatic heterocycles. The summed E-state index contributed by atoms with van der Waals surface area (Å²) in [5, 5.41) is 26.4. The number of aliphatic hydroxyl groups is 1. The Balaban J connectivity index is 1.63. The zero-order valence-electron chi connectivity index (χ0n) is 21.1. The molecule has 0 aliphatic heterocycles. The van der Waals surface area contributed by atoms with Gasteiger partial charge in [-0.2, -0.15) is 10.4 Å². The molecule has 0 bridgehead atoms. The number of fused-ring (bicyclic) bond motifs is 4. The van der Waals surface area contributed by atoms with Gasteiger partial charge in [-0.15, -0.1) is 0 Å². The van der Waals surface area contributed by atoms with Crippen molar-refractivity contribution < 1.29 is 5.11 Å². The van der Waals surface area contributed by atoms with Crippen molar-refractivity contribution in [3.8, 4) is 6.07 Å². The predicted octanol–water partition coefficient (Wildman–Crippen LogP) is 6.30. The predicted molar refractivity (Wildman–Crippen MR) is 144 cm³/mol. The van der Waals surface area contributed by atoms with Crippen molar-refractivity contribution in [2.75, 3.05) is 0 Å². The van der Waals surface area contributed by atoms with Crippen molar-refractivity contribution in [2.24, 2.45) is 5.92 Å². The molecule has 0 spiro atoms. The summed E-state index contributed by atoms with van der Waals surface area (Å²) in [5.74, 6) is 0.286. The summed E-state index contributed by atoms with van der Waals surface area (Å²) >= 11 is 0. The topological polar surface area (TPSA) is 74.7 Å². The Kier molecular flexibility index (Phi) is 6.40. The number of allylic oxidation sites excluding steroid dienone is 4. The van der Waals surface area contributed by atoms with Gasteiger partial charge in [0.25, 0.3) is 0 Å². The van der Waals surface area contributed by atoms with Crippen molar-refractivity contribution in [3.05, 3.63) is 90.4 Å². The molecular weight excluding hydrogens is 444 g/mol. The SMILES string of the molecule is C=C(C)C=CC(=C)n1ncc2cc3c(cc21)CCCC1CC(O)(CC#N)CCC31Cc1ccccn1. The van der Waals surface area contributed by atoms with Gasteiger partial charge in [-0.3, -0.25) is 4.98 Å². The minimum atomic E-state index is -0.903. The molecule has 1 fully saturated rings. The summed E-state index contributed by atoms with van der Waals surface area (Å²) in [6.07, 6.45) is 13.9. The molecule has 1 aromatic carbocycles. The average molecular weight is 479 g/mol. The third-order valence-electron chi connectivity index (χ3n) is 8.24. The van der Waals surface area contributed by atoms with Gasteiger partial charge >= 0.3 is 0 Å². The number of aryl methyl sites for hydroxylation is 1. The number of aromatic nitrogens is 3. The van der Waals surface area contributed by atoms with Gasteiger partial charge < -0.3 is 5.11 Å².